The normalized spacial score (nSPS) is 10.7. The Balaban J connectivity index is 0. The predicted molar refractivity (Wildman–Crippen MR) is 44.2 cm³/mol. The second kappa shape index (κ2) is 8.12. The van der Waals surface area contributed by atoms with Gasteiger partial charge in [0.15, 0.2) is 0 Å². The summed E-state index contributed by atoms with van der Waals surface area (Å²) in [7, 11) is -4.20. The van der Waals surface area contributed by atoms with Gasteiger partial charge < -0.3 is 0 Å². The maximum atomic E-state index is 9.93. The minimum atomic E-state index is -4.20. The van der Waals surface area contributed by atoms with Crippen molar-refractivity contribution in [2.75, 3.05) is 6.61 Å². The molecule has 0 amide bonds. The number of rotatable bonds is 5. The van der Waals surface area contributed by atoms with Crippen LogP contribution in [0.3, 0.4) is 0 Å². The van der Waals surface area contributed by atoms with Crippen molar-refractivity contribution in [2.45, 2.75) is 26.2 Å². The SMILES string of the molecule is CCCCCOS(=O)(=O)O.[KH]. The molecule has 0 radical (unpaired) electrons. The molecule has 0 aliphatic carbocycles. The molecule has 0 bridgehead atoms. The van der Waals surface area contributed by atoms with E-state index in [0.29, 0.717) is 6.42 Å². The zero-order chi connectivity index (χ0) is 8.04. The molecular formula is C5H13KO4S. The van der Waals surface area contributed by atoms with Crippen LogP contribution in [-0.4, -0.2) is 71.0 Å². The van der Waals surface area contributed by atoms with E-state index < -0.39 is 10.4 Å². The van der Waals surface area contributed by atoms with E-state index in [1.165, 1.54) is 0 Å². The summed E-state index contributed by atoms with van der Waals surface area (Å²) in [5.41, 5.74) is 0. The second-order valence-electron chi connectivity index (χ2n) is 1.96. The summed E-state index contributed by atoms with van der Waals surface area (Å²) in [5, 5.41) is 0. The van der Waals surface area contributed by atoms with Crippen LogP contribution in [0.2, 0.25) is 0 Å². The van der Waals surface area contributed by atoms with Gasteiger partial charge in [-0.05, 0) is 6.42 Å². The van der Waals surface area contributed by atoms with E-state index in [1.54, 1.807) is 0 Å². The third-order valence-electron chi connectivity index (χ3n) is 0.980. The molecule has 0 aliphatic rings. The Bertz CT molecular complexity index is 165. The van der Waals surface area contributed by atoms with Crippen LogP contribution in [0.1, 0.15) is 26.2 Å². The van der Waals surface area contributed by atoms with Gasteiger partial charge in [-0.15, -0.1) is 0 Å². The molecule has 0 aliphatic heterocycles. The standard InChI is InChI=1S/C5H12O4S.K.H/c1-2-3-4-5-9-10(6,7)8;;/h2-5H2,1H3,(H,6,7,8);;. The van der Waals surface area contributed by atoms with Crippen molar-refractivity contribution in [3.05, 3.63) is 0 Å². The molecule has 0 aromatic heterocycles. The number of hydrogen-bond donors (Lipinski definition) is 1. The number of unbranched alkanes of at least 4 members (excludes halogenated alkanes) is 2. The molecule has 0 rings (SSSR count). The molecule has 11 heavy (non-hydrogen) atoms. The van der Waals surface area contributed by atoms with Crippen LogP contribution in [0, 0.1) is 0 Å². The molecule has 0 fully saturated rings. The average molecular weight is 208 g/mol. The van der Waals surface area contributed by atoms with Gasteiger partial charge in [0.1, 0.15) is 0 Å². The minimum absolute atomic E-state index is 0. The van der Waals surface area contributed by atoms with E-state index in [2.05, 4.69) is 4.18 Å². The van der Waals surface area contributed by atoms with Gasteiger partial charge in [0.05, 0.1) is 6.61 Å². The Labute approximate surface area is 110 Å². The fraction of sp³-hybridized carbons (Fsp3) is 1.00. The fourth-order valence-corrected chi connectivity index (χ4v) is 0.845. The summed E-state index contributed by atoms with van der Waals surface area (Å²) in [5.74, 6) is 0. The Morgan fingerprint density at radius 3 is 2.27 bits per heavy atom. The fourth-order valence-electron chi connectivity index (χ4n) is 0.516. The van der Waals surface area contributed by atoms with E-state index in [-0.39, 0.29) is 58.0 Å². The summed E-state index contributed by atoms with van der Waals surface area (Å²) >= 11 is 0. The first-order valence-corrected chi connectivity index (χ1v) is 4.54. The van der Waals surface area contributed by atoms with Crippen molar-refractivity contribution in [2.24, 2.45) is 0 Å². The van der Waals surface area contributed by atoms with Crippen molar-refractivity contribution in [1.29, 1.82) is 0 Å². The van der Waals surface area contributed by atoms with Gasteiger partial charge in [-0.3, -0.25) is 4.55 Å². The average Bonchev–Trinajstić information content (AvgIpc) is 1.78. The molecule has 4 nitrogen and oxygen atoms in total. The summed E-state index contributed by atoms with van der Waals surface area (Å²) in [6.07, 6.45) is 2.57. The Hall–Kier alpha value is 1.51. The van der Waals surface area contributed by atoms with E-state index in [0.717, 1.165) is 12.8 Å². The zero-order valence-corrected chi connectivity index (χ0v) is 6.73. The van der Waals surface area contributed by atoms with Gasteiger partial charge in [0.25, 0.3) is 0 Å². The van der Waals surface area contributed by atoms with Crippen LogP contribution in [0.4, 0.5) is 0 Å². The predicted octanol–water partition coefficient (Wildman–Crippen LogP) is 0.347. The van der Waals surface area contributed by atoms with E-state index in [4.69, 9.17) is 4.55 Å². The molecule has 0 aromatic rings. The van der Waals surface area contributed by atoms with Crippen LogP contribution in [0.25, 0.3) is 0 Å². The van der Waals surface area contributed by atoms with Gasteiger partial charge in [-0.25, -0.2) is 4.18 Å². The molecule has 0 aromatic carbocycles. The summed E-state index contributed by atoms with van der Waals surface area (Å²) in [6, 6.07) is 0. The van der Waals surface area contributed by atoms with Crippen LogP contribution in [0.5, 0.6) is 0 Å². The van der Waals surface area contributed by atoms with Crippen LogP contribution in [0.15, 0.2) is 0 Å². The topological polar surface area (TPSA) is 63.6 Å². The van der Waals surface area contributed by atoms with Crippen molar-refractivity contribution in [3.63, 3.8) is 0 Å². The Morgan fingerprint density at radius 2 is 1.91 bits per heavy atom. The summed E-state index contributed by atoms with van der Waals surface area (Å²) in [4.78, 5) is 0. The van der Waals surface area contributed by atoms with Gasteiger partial charge in [-0.2, -0.15) is 8.42 Å². The molecule has 64 valence electrons. The summed E-state index contributed by atoms with van der Waals surface area (Å²) in [6.45, 7) is 2.07. The van der Waals surface area contributed by atoms with Crippen LogP contribution < -0.4 is 0 Å². The molecule has 0 saturated carbocycles. The molecule has 0 spiro atoms. The third-order valence-corrected chi connectivity index (χ3v) is 1.44. The molecule has 0 unspecified atom stereocenters. The molecule has 0 atom stereocenters. The molecule has 0 heterocycles. The van der Waals surface area contributed by atoms with Gasteiger partial charge in [-0.1, -0.05) is 19.8 Å². The number of hydrogen-bond acceptors (Lipinski definition) is 3. The van der Waals surface area contributed by atoms with Crippen molar-refractivity contribution < 1.29 is 17.2 Å². The molecule has 6 heteroatoms. The maximum absolute atomic E-state index is 9.93. The van der Waals surface area contributed by atoms with Gasteiger partial charge in [0.2, 0.25) is 0 Å². The van der Waals surface area contributed by atoms with Crippen molar-refractivity contribution in [1.82, 2.24) is 0 Å². The van der Waals surface area contributed by atoms with Crippen molar-refractivity contribution >= 4 is 61.8 Å². The second-order valence-corrected chi connectivity index (χ2v) is 3.05. The first-order valence-electron chi connectivity index (χ1n) is 3.18. The van der Waals surface area contributed by atoms with Gasteiger partial charge >= 0.3 is 61.8 Å². The first-order chi connectivity index (χ1) is 4.56. The van der Waals surface area contributed by atoms with E-state index in [1.807, 2.05) is 6.92 Å². The van der Waals surface area contributed by atoms with Gasteiger partial charge in [0, 0.05) is 0 Å². The van der Waals surface area contributed by atoms with E-state index in [9.17, 15) is 8.42 Å². The molecular weight excluding hydrogens is 195 g/mol. The van der Waals surface area contributed by atoms with E-state index >= 15 is 0 Å². The van der Waals surface area contributed by atoms with Crippen molar-refractivity contribution in [3.8, 4) is 0 Å². The molecule has 0 saturated heterocycles. The Morgan fingerprint density at radius 1 is 1.36 bits per heavy atom. The zero-order valence-electron chi connectivity index (χ0n) is 5.91. The Kier molecular flexibility index (Phi) is 11.1. The molecule has 1 N–H and O–H groups in total. The third kappa shape index (κ3) is 14.4. The summed E-state index contributed by atoms with van der Waals surface area (Å²) < 4.78 is 32.0. The monoisotopic (exact) mass is 208 g/mol. The van der Waals surface area contributed by atoms with Crippen LogP contribution >= 0.6 is 0 Å². The van der Waals surface area contributed by atoms with Crippen LogP contribution in [-0.2, 0) is 14.6 Å². The quantitative estimate of drug-likeness (QED) is 0.402. The first kappa shape index (κ1) is 15.0.